The smallest absolute Gasteiger partial charge is 0.0401 e. The third-order valence-electron chi connectivity index (χ3n) is 3.24. The molecule has 1 heteroatoms. The topological polar surface area (TPSA) is 12.9 Å². The summed E-state index contributed by atoms with van der Waals surface area (Å²) in [6.07, 6.45) is 4.07. The molecule has 100 valence electrons. The summed E-state index contributed by atoms with van der Waals surface area (Å²) in [5, 5.41) is 0. The zero-order chi connectivity index (χ0) is 13.9. The Labute approximate surface area is 116 Å². The average molecular weight is 253 g/mol. The number of benzene rings is 1. The first-order valence-corrected chi connectivity index (χ1v) is 7.03. The number of rotatable bonds is 3. The van der Waals surface area contributed by atoms with Gasteiger partial charge in [0.1, 0.15) is 0 Å². The molecule has 0 unspecified atom stereocenters. The van der Waals surface area contributed by atoms with E-state index in [1.54, 1.807) is 0 Å². The Morgan fingerprint density at radius 1 is 1.00 bits per heavy atom. The van der Waals surface area contributed by atoms with Crippen LogP contribution in [0.3, 0.4) is 0 Å². The zero-order valence-corrected chi connectivity index (χ0v) is 12.4. The number of hydrogen-bond acceptors (Lipinski definition) is 1. The van der Waals surface area contributed by atoms with Gasteiger partial charge in [0.25, 0.3) is 0 Å². The van der Waals surface area contributed by atoms with Crippen LogP contribution in [0.25, 0.3) is 11.1 Å². The SMILES string of the molecule is CCc1ccc(-c2ccccc2CC(C)(C)C)cn1. The second-order valence-corrected chi connectivity index (χ2v) is 6.29. The monoisotopic (exact) mass is 253 g/mol. The molecule has 0 atom stereocenters. The first-order chi connectivity index (χ1) is 8.99. The molecule has 0 N–H and O–H groups in total. The van der Waals surface area contributed by atoms with Crippen molar-refractivity contribution < 1.29 is 0 Å². The van der Waals surface area contributed by atoms with Gasteiger partial charge >= 0.3 is 0 Å². The van der Waals surface area contributed by atoms with Gasteiger partial charge in [0.05, 0.1) is 0 Å². The highest BCUT2D eigenvalue weighted by atomic mass is 14.7. The maximum absolute atomic E-state index is 4.51. The highest BCUT2D eigenvalue weighted by molar-refractivity contribution is 5.66. The fraction of sp³-hybridized carbons (Fsp3) is 0.389. The molecule has 1 aromatic heterocycles. The molecule has 0 fully saturated rings. The average Bonchev–Trinajstić information content (AvgIpc) is 2.38. The van der Waals surface area contributed by atoms with E-state index in [1.807, 2.05) is 6.20 Å². The van der Waals surface area contributed by atoms with Crippen LogP contribution in [0.1, 0.15) is 39.0 Å². The molecule has 0 saturated heterocycles. The number of aromatic nitrogens is 1. The molecule has 0 aliphatic rings. The third-order valence-corrected chi connectivity index (χ3v) is 3.24. The second-order valence-electron chi connectivity index (χ2n) is 6.29. The fourth-order valence-electron chi connectivity index (χ4n) is 2.32. The van der Waals surface area contributed by atoms with E-state index in [9.17, 15) is 0 Å². The lowest BCUT2D eigenvalue weighted by atomic mass is 9.85. The summed E-state index contributed by atoms with van der Waals surface area (Å²) in [5.41, 5.74) is 5.38. The van der Waals surface area contributed by atoms with Gasteiger partial charge < -0.3 is 0 Å². The molecule has 1 heterocycles. The molecular weight excluding hydrogens is 230 g/mol. The molecule has 0 aliphatic heterocycles. The molecule has 19 heavy (non-hydrogen) atoms. The minimum absolute atomic E-state index is 0.299. The summed E-state index contributed by atoms with van der Waals surface area (Å²) < 4.78 is 0. The van der Waals surface area contributed by atoms with Crippen LogP contribution in [0.15, 0.2) is 42.6 Å². The van der Waals surface area contributed by atoms with E-state index in [1.165, 1.54) is 16.7 Å². The Morgan fingerprint density at radius 3 is 2.32 bits per heavy atom. The standard InChI is InChI=1S/C18H23N/c1-5-16-11-10-15(13-19-16)17-9-7-6-8-14(17)12-18(2,3)4/h6-11,13H,5,12H2,1-4H3. The van der Waals surface area contributed by atoms with E-state index in [2.05, 4.69) is 69.1 Å². The van der Waals surface area contributed by atoms with Crippen molar-refractivity contribution >= 4 is 0 Å². The molecule has 0 saturated carbocycles. The predicted molar refractivity (Wildman–Crippen MR) is 82.2 cm³/mol. The maximum atomic E-state index is 4.51. The Morgan fingerprint density at radius 2 is 1.74 bits per heavy atom. The number of pyridine rings is 1. The van der Waals surface area contributed by atoms with Crippen molar-refractivity contribution in [3.8, 4) is 11.1 Å². The van der Waals surface area contributed by atoms with Crippen molar-refractivity contribution in [3.63, 3.8) is 0 Å². The van der Waals surface area contributed by atoms with E-state index in [-0.39, 0.29) is 0 Å². The molecule has 0 radical (unpaired) electrons. The Balaban J connectivity index is 2.38. The van der Waals surface area contributed by atoms with E-state index >= 15 is 0 Å². The first-order valence-electron chi connectivity index (χ1n) is 7.03. The molecule has 1 nitrogen and oxygen atoms in total. The molecule has 1 aromatic carbocycles. The lowest BCUT2D eigenvalue weighted by Gasteiger charge is -2.20. The van der Waals surface area contributed by atoms with Gasteiger partial charge in [0.15, 0.2) is 0 Å². The molecule has 0 amide bonds. The highest BCUT2D eigenvalue weighted by Crippen LogP contribution is 2.29. The summed E-state index contributed by atoms with van der Waals surface area (Å²) in [6, 6.07) is 13.0. The van der Waals surface area contributed by atoms with Gasteiger partial charge in [-0.05, 0) is 35.4 Å². The van der Waals surface area contributed by atoms with Gasteiger partial charge in [-0.25, -0.2) is 0 Å². The van der Waals surface area contributed by atoms with Crippen molar-refractivity contribution in [1.29, 1.82) is 0 Å². The van der Waals surface area contributed by atoms with E-state index in [4.69, 9.17) is 0 Å². The van der Waals surface area contributed by atoms with Gasteiger partial charge in [0, 0.05) is 17.5 Å². The van der Waals surface area contributed by atoms with Crippen LogP contribution >= 0.6 is 0 Å². The normalized spacial score (nSPS) is 11.6. The molecular formula is C18H23N. The Kier molecular flexibility index (Phi) is 4.04. The van der Waals surface area contributed by atoms with Crippen LogP contribution in [0, 0.1) is 5.41 Å². The molecule has 0 spiro atoms. The van der Waals surface area contributed by atoms with Gasteiger partial charge in [-0.3, -0.25) is 4.98 Å². The summed E-state index contributed by atoms with van der Waals surface area (Å²) in [5.74, 6) is 0. The summed E-state index contributed by atoms with van der Waals surface area (Å²) in [6.45, 7) is 8.97. The van der Waals surface area contributed by atoms with E-state index in [0.717, 1.165) is 18.5 Å². The Hall–Kier alpha value is -1.63. The minimum atomic E-state index is 0.299. The minimum Gasteiger partial charge on any atom is -0.261 e. The Bertz CT molecular complexity index is 532. The fourth-order valence-corrected chi connectivity index (χ4v) is 2.32. The molecule has 2 aromatic rings. The largest absolute Gasteiger partial charge is 0.261 e. The van der Waals surface area contributed by atoms with Crippen molar-refractivity contribution in [2.75, 3.05) is 0 Å². The lowest BCUT2D eigenvalue weighted by Crippen LogP contribution is -2.10. The lowest BCUT2D eigenvalue weighted by molar-refractivity contribution is 0.412. The number of hydrogen-bond donors (Lipinski definition) is 0. The van der Waals surface area contributed by atoms with Crippen LogP contribution in [0.4, 0.5) is 0 Å². The van der Waals surface area contributed by atoms with Gasteiger partial charge in [-0.2, -0.15) is 0 Å². The van der Waals surface area contributed by atoms with Crippen LogP contribution in [-0.2, 0) is 12.8 Å². The van der Waals surface area contributed by atoms with Gasteiger partial charge in [-0.15, -0.1) is 0 Å². The molecule has 0 aliphatic carbocycles. The quantitative estimate of drug-likeness (QED) is 0.758. The zero-order valence-electron chi connectivity index (χ0n) is 12.4. The maximum Gasteiger partial charge on any atom is 0.0401 e. The number of nitrogens with zero attached hydrogens (tertiary/aromatic N) is 1. The summed E-state index contributed by atoms with van der Waals surface area (Å²) >= 11 is 0. The first kappa shape index (κ1) is 13.8. The van der Waals surface area contributed by atoms with Crippen LogP contribution < -0.4 is 0 Å². The van der Waals surface area contributed by atoms with Gasteiger partial charge in [0.2, 0.25) is 0 Å². The van der Waals surface area contributed by atoms with Crippen molar-refractivity contribution in [3.05, 3.63) is 53.9 Å². The highest BCUT2D eigenvalue weighted by Gasteiger charge is 2.14. The van der Waals surface area contributed by atoms with Crippen LogP contribution in [-0.4, -0.2) is 4.98 Å². The second kappa shape index (κ2) is 5.56. The van der Waals surface area contributed by atoms with Crippen molar-refractivity contribution in [2.24, 2.45) is 5.41 Å². The van der Waals surface area contributed by atoms with Gasteiger partial charge in [-0.1, -0.05) is 58.0 Å². The summed E-state index contributed by atoms with van der Waals surface area (Å²) in [4.78, 5) is 4.51. The molecule has 0 bridgehead atoms. The van der Waals surface area contributed by atoms with Crippen LogP contribution in [0.2, 0.25) is 0 Å². The van der Waals surface area contributed by atoms with Crippen molar-refractivity contribution in [2.45, 2.75) is 40.5 Å². The third kappa shape index (κ3) is 3.66. The van der Waals surface area contributed by atoms with E-state index < -0.39 is 0 Å². The number of aryl methyl sites for hydroxylation is 1. The summed E-state index contributed by atoms with van der Waals surface area (Å²) in [7, 11) is 0. The predicted octanol–water partition coefficient (Wildman–Crippen LogP) is 4.90. The van der Waals surface area contributed by atoms with Crippen LogP contribution in [0.5, 0.6) is 0 Å². The van der Waals surface area contributed by atoms with Crippen molar-refractivity contribution in [1.82, 2.24) is 4.98 Å². The molecule has 2 rings (SSSR count). The van der Waals surface area contributed by atoms with E-state index in [0.29, 0.717) is 5.41 Å².